The molecule has 0 fully saturated rings. The van der Waals surface area contributed by atoms with E-state index in [0.29, 0.717) is 6.42 Å². The van der Waals surface area contributed by atoms with Gasteiger partial charge >= 0.3 is 9.05 Å². The number of aliphatic hydroxyl groups excluding tert-OH is 1. The molecule has 0 aromatic carbocycles. The van der Waals surface area contributed by atoms with Crippen LogP contribution in [0.1, 0.15) is 13.3 Å². The summed E-state index contributed by atoms with van der Waals surface area (Å²) in [5, 5.41) is 15.8. The van der Waals surface area contributed by atoms with Gasteiger partial charge in [0, 0.05) is 0 Å². The van der Waals surface area contributed by atoms with Crippen LogP contribution in [0, 0.1) is 0 Å². The van der Waals surface area contributed by atoms with Gasteiger partial charge in [0.15, 0.2) is 6.29 Å². The molecule has 6 nitrogen and oxygen atoms in total. The molecule has 0 aliphatic carbocycles. The van der Waals surface area contributed by atoms with Crippen molar-refractivity contribution < 1.29 is 29.4 Å². The van der Waals surface area contributed by atoms with Crippen molar-refractivity contribution in [2.45, 2.75) is 19.6 Å². The van der Waals surface area contributed by atoms with E-state index >= 15 is 0 Å². The van der Waals surface area contributed by atoms with Crippen LogP contribution in [-0.4, -0.2) is 44.7 Å². The largest absolute Gasteiger partial charge is 0.668 e. The van der Waals surface area contributed by atoms with Crippen LogP contribution < -0.4 is 0 Å². The SMILES string of the molecule is CCC(O)O.O[Si](O)(O)O. The van der Waals surface area contributed by atoms with E-state index in [1.165, 1.54) is 0 Å². The monoisotopic (exact) mass is 172 g/mol. The summed E-state index contributed by atoms with van der Waals surface area (Å²) < 4.78 is 0. The Morgan fingerprint density at radius 3 is 1.20 bits per heavy atom. The Morgan fingerprint density at radius 2 is 1.20 bits per heavy atom. The van der Waals surface area contributed by atoms with Crippen molar-refractivity contribution in [3.05, 3.63) is 0 Å². The fourth-order valence-electron chi connectivity index (χ4n) is 0. The van der Waals surface area contributed by atoms with Gasteiger partial charge in [0.05, 0.1) is 0 Å². The minimum atomic E-state index is -4.61. The van der Waals surface area contributed by atoms with Gasteiger partial charge in [0.1, 0.15) is 0 Å². The lowest BCUT2D eigenvalue weighted by Gasteiger charge is -1.91. The Kier molecular flexibility index (Phi) is 7.25. The first-order valence-corrected chi connectivity index (χ1v) is 4.32. The maximum Gasteiger partial charge on any atom is 0.668 e. The zero-order valence-corrected chi connectivity index (χ0v) is 6.47. The number of hydrogen-bond acceptors (Lipinski definition) is 6. The molecule has 0 radical (unpaired) electrons. The molecule has 7 heteroatoms. The number of aliphatic hydroxyl groups is 2. The van der Waals surface area contributed by atoms with Crippen molar-refractivity contribution in [1.29, 1.82) is 0 Å². The van der Waals surface area contributed by atoms with Gasteiger partial charge in [-0.15, -0.1) is 0 Å². The minimum absolute atomic E-state index is 0.417. The maximum atomic E-state index is 7.92. The molecule has 0 unspecified atom stereocenters. The van der Waals surface area contributed by atoms with E-state index in [-0.39, 0.29) is 0 Å². The van der Waals surface area contributed by atoms with Crippen molar-refractivity contribution >= 4 is 9.05 Å². The van der Waals surface area contributed by atoms with E-state index in [0.717, 1.165) is 0 Å². The minimum Gasteiger partial charge on any atom is -0.368 e. The first-order chi connectivity index (χ1) is 4.27. The van der Waals surface area contributed by atoms with Crippen molar-refractivity contribution in [3.8, 4) is 0 Å². The highest BCUT2D eigenvalue weighted by Gasteiger charge is 2.22. The van der Waals surface area contributed by atoms with Crippen LogP contribution >= 0.6 is 0 Å². The van der Waals surface area contributed by atoms with Crippen LogP contribution in [0.4, 0.5) is 0 Å². The molecule has 0 amide bonds. The Morgan fingerprint density at radius 1 is 1.10 bits per heavy atom. The van der Waals surface area contributed by atoms with Gasteiger partial charge in [0.2, 0.25) is 0 Å². The zero-order valence-electron chi connectivity index (χ0n) is 5.47. The molecule has 0 saturated carbocycles. The normalized spacial score (nSPS) is 10.8. The van der Waals surface area contributed by atoms with Gasteiger partial charge in [-0.3, -0.25) is 0 Å². The maximum absolute atomic E-state index is 7.92. The quantitative estimate of drug-likeness (QED) is 0.186. The van der Waals surface area contributed by atoms with Crippen LogP contribution in [0.5, 0.6) is 0 Å². The summed E-state index contributed by atoms with van der Waals surface area (Å²) in [7, 11) is -4.61. The Labute approximate surface area is 59.1 Å². The second kappa shape index (κ2) is 5.74. The van der Waals surface area contributed by atoms with Crippen molar-refractivity contribution in [3.63, 3.8) is 0 Å². The fraction of sp³-hybridized carbons (Fsp3) is 1.00. The van der Waals surface area contributed by atoms with Gasteiger partial charge in [-0.25, -0.2) is 0 Å². The second-order valence-corrected chi connectivity index (χ2v) is 2.69. The van der Waals surface area contributed by atoms with E-state index < -0.39 is 15.3 Å². The summed E-state index contributed by atoms with van der Waals surface area (Å²) in [6.45, 7) is 1.70. The summed E-state index contributed by atoms with van der Waals surface area (Å²) in [4.78, 5) is 29.3. The Bertz CT molecular complexity index is 61.9. The van der Waals surface area contributed by atoms with Gasteiger partial charge in [-0.05, 0) is 6.42 Å². The molecule has 6 N–H and O–H groups in total. The zero-order chi connectivity index (χ0) is 8.78. The molecule has 0 aliphatic rings. The van der Waals surface area contributed by atoms with Gasteiger partial charge in [-0.2, -0.15) is 0 Å². The van der Waals surface area contributed by atoms with Crippen molar-refractivity contribution in [2.75, 3.05) is 0 Å². The molecule has 0 saturated heterocycles. The third kappa shape index (κ3) is 99.4. The van der Waals surface area contributed by atoms with Crippen molar-refractivity contribution in [1.82, 2.24) is 0 Å². The molecule has 0 spiro atoms. The Hall–Kier alpha value is -0.0231. The summed E-state index contributed by atoms with van der Waals surface area (Å²) >= 11 is 0. The molecule has 64 valence electrons. The molecule has 0 aliphatic heterocycles. The van der Waals surface area contributed by atoms with E-state index in [9.17, 15) is 0 Å². The summed E-state index contributed by atoms with van der Waals surface area (Å²) in [5.74, 6) is 0. The lowest BCUT2D eigenvalue weighted by atomic mass is 10.5. The van der Waals surface area contributed by atoms with Gasteiger partial charge in [0.25, 0.3) is 0 Å². The van der Waals surface area contributed by atoms with E-state index in [1.54, 1.807) is 6.92 Å². The molecule has 0 atom stereocenters. The predicted octanol–water partition coefficient (Wildman–Crippen LogP) is -2.90. The van der Waals surface area contributed by atoms with Gasteiger partial charge in [-0.1, -0.05) is 6.92 Å². The topological polar surface area (TPSA) is 121 Å². The first-order valence-electron chi connectivity index (χ1n) is 2.53. The average molecular weight is 172 g/mol. The van der Waals surface area contributed by atoms with Crippen molar-refractivity contribution in [2.24, 2.45) is 0 Å². The molecular formula is C3H12O6Si. The van der Waals surface area contributed by atoms with E-state index in [2.05, 4.69) is 0 Å². The lowest BCUT2D eigenvalue weighted by molar-refractivity contribution is -0.0413. The van der Waals surface area contributed by atoms with E-state index in [4.69, 9.17) is 29.4 Å². The van der Waals surface area contributed by atoms with Crippen LogP contribution in [0.2, 0.25) is 0 Å². The number of hydrogen-bond donors (Lipinski definition) is 6. The molecular weight excluding hydrogens is 160 g/mol. The molecule has 10 heavy (non-hydrogen) atoms. The fourth-order valence-corrected chi connectivity index (χ4v) is 0. The summed E-state index contributed by atoms with van der Waals surface area (Å²) in [6, 6.07) is 0. The highest BCUT2D eigenvalue weighted by Crippen LogP contribution is 1.77. The number of rotatable bonds is 1. The smallest absolute Gasteiger partial charge is 0.368 e. The molecule has 0 heterocycles. The standard InChI is InChI=1S/C3H8O2.H4O4Si/c1-2-3(4)5;1-5(2,3)4/h3-5H,2H2,1H3;1-4H. The van der Waals surface area contributed by atoms with Crippen LogP contribution in [0.25, 0.3) is 0 Å². The third-order valence-electron chi connectivity index (χ3n) is 0.365. The van der Waals surface area contributed by atoms with Gasteiger partial charge < -0.3 is 29.4 Å². The molecule has 0 bridgehead atoms. The Balaban J connectivity index is 0. The lowest BCUT2D eigenvalue weighted by Crippen LogP contribution is -2.33. The van der Waals surface area contributed by atoms with Crippen LogP contribution in [0.15, 0.2) is 0 Å². The first kappa shape index (κ1) is 12.6. The molecule has 0 rings (SSSR count). The molecule has 0 aromatic rings. The van der Waals surface area contributed by atoms with E-state index in [1.807, 2.05) is 0 Å². The third-order valence-corrected chi connectivity index (χ3v) is 0.365. The molecule has 0 aromatic heterocycles. The second-order valence-electron chi connectivity index (χ2n) is 1.49. The summed E-state index contributed by atoms with van der Waals surface area (Å²) in [6.07, 6.45) is -0.699. The average Bonchev–Trinajstić information content (AvgIpc) is 1.61. The van der Waals surface area contributed by atoms with Crippen LogP contribution in [0.3, 0.4) is 0 Å². The predicted molar refractivity (Wildman–Crippen MR) is 33.1 cm³/mol. The highest BCUT2D eigenvalue weighted by molar-refractivity contribution is 6.46. The van der Waals surface area contributed by atoms with Crippen LogP contribution in [-0.2, 0) is 0 Å². The highest BCUT2D eigenvalue weighted by atomic mass is 28.4. The summed E-state index contributed by atoms with van der Waals surface area (Å²) in [5.41, 5.74) is 0.